The molecule has 137 valence electrons. The predicted octanol–water partition coefficient (Wildman–Crippen LogP) is 0.163. The minimum Gasteiger partial charge on any atom is -0.427 e. The highest BCUT2D eigenvalue weighted by Gasteiger charge is 2.36. The Labute approximate surface area is 149 Å². The molecule has 9 heteroatoms. The lowest BCUT2D eigenvalue weighted by molar-refractivity contribution is -0.153. The number of nitrogens with zero attached hydrogens (tertiary/aromatic N) is 2. The lowest BCUT2D eigenvalue weighted by atomic mass is 10.1. The number of rotatable bonds is 5. The number of carbonyl (C=O) groups is 4. The summed E-state index contributed by atoms with van der Waals surface area (Å²) in [5.74, 6) is -1.90. The highest BCUT2D eigenvalue weighted by Crippen LogP contribution is 2.17. The number of amides is 4. The van der Waals surface area contributed by atoms with Gasteiger partial charge in [0, 0.05) is 26.6 Å². The molecule has 1 atom stereocenters. The van der Waals surface area contributed by atoms with Crippen molar-refractivity contribution in [2.45, 2.75) is 19.9 Å². The summed E-state index contributed by atoms with van der Waals surface area (Å²) < 4.78 is 4.89. The number of ether oxygens (including phenoxy) is 1. The third kappa shape index (κ3) is 4.24. The number of imide groups is 1. The van der Waals surface area contributed by atoms with Gasteiger partial charge in [-0.25, -0.2) is 4.79 Å². The second kappa shape index (κ2) is 8.24. The van der Waals surface area contributed by atoms with Crippen LogP contribution in [0.2, 0.25) is 0 Å². The zero-order chi connectivity index (χ0) is 19.3. The molecule has 1 unspecified atom stereocenters. The fraction of sp³-hybridized carbons (Fsp3) is 0.353. The lowest BCUT2D eigenvalue weighted by Gasteiger charge is -2.32. The van der Waals surface area contributed by atoms with Crippen LogP contribution in [0.5, 0.6) is 5.75 Å². The van der Waals surface area contributed by atoms with Crippen molar-refractivity contribution in [2.24, 2.45) is 0 Å². The van der Waals surface area contributed by atoms with Crippen LogP contribution < -0.4 is 10.1 Å². The molecule has 0 aromatic heterocycles. The summed E-state index contributed by atoms with van der Waals surface area (Å²) >= 11 is 0. The normalized spacial score (nSPS) is 15.5. The number of piperazine rings is 1. The van der Waals surface area contributed by atoms with Crippen molar-refractivity contribution in [3.05, 3.63) is 29.8 Å². The maximum absolute atomic E-state index is 12.3. The number of likely N-dealkylation sites (N-methyl/N-ethyl adjacent to an activating group) is 1. The Kier molecular flexibility index (Phi) is 6.05. The highest BCUT2D eigenvalue weighted by molar-refractivity contribution is 6.38. The molecule has 1 aliphatic rings. The zero-order valence-electron chi connectivity index (χ0n) is 14.4. The van der Waals surface area contributed by atoms with Gasteiger partial charge in [0.15, 0.2) is 0 Å². The molecule has 1 radical (unpaired) electrons. The van der Waals surface area contributed by atoms with Gasteiger partial charge < -0.3 is 15.0 Å². The van der Waals surface area contributed by atoms with Gasteiger partial charge in [-0.3, -0.25) is 24.1 Å². The molecule has 1 saturated heterocycles. The van der Waals surface area contributed by atoms with E-state index < -0.39 is 29.9 Å². The van der Waals surface area contributed by atoms with E-state index in [1.165, 1.54) is 36.1 Å². The Morgan fingerprint density at radius 3 is 2.38 bits per heavy atom. The van der Waals surface area contributed by atoms with Crippen LogP contribution >= 0.6 is 0 Å². The topological polar surface area (TPSA) is 113 Å². The van der Waals surface area contributed by atoms with Gasteiger partial charge >= 0.3 is 23.8 Å². The summed E-state index contributed by atoms with van der Waals surface area (Å²) in [6, 6.07) is 3.90. The fourth-order valence-electron chi connectivity index (χ4n) is 2.45. The number of hydrogen-bond acceptors (Lipinski definition) is 6. The average Bonchev–Trinajstić information content (AvgIpc) is 2.62. The Balaban J connectivity index is 2.06. The first-order valence-corrected chi connectivity index (χ1v) is 7.94. The van der Waals surface area contributed by atoms with E-state index in [-0.39, 0.29) is 18.8 Å². The molecule has 9 nitrogen and oxygen atoms in total. The predicted molar refractivity (Wildman–Crippen MR) is 88.7 cm³/mol. The smallest absolute Gasteiger partial charge is 0.325 e. The molecular weight excluding hydrogens is 342 g/mol. The number of carbonyl (C=O) groups excluding carboxylic acids is 5. The van der Waals surface area contributed by atoms with Gasteiger partial charge in [0.2, 0.25) is 6.29 Å². The molecule has 1 aromatic rings. The number of nitrogens with one attached hydrogen (secondary N) is 1. The van der Waals surface area contributed by atoms with Gasteiger partial charge in [0.25, 0.3) is 0 Å². The molecule has 1 aliphatic heterocycles. The van der Waals surface area contributed by atoms with Crippen molar-refractivity contribution >= 4 is 30.1 Å². The standard InChI is InChI=1S/C17H18N3O6/c1-3-19-8-9-20(16(24)15(19)23)17(25)18-14(10-21)12-4-6-13(7-5-12)26-11(2)22/h4-7,14H,3,8-9H2,1-2H3,(H,18,25). The van der Waals surface area contributed by atoms with Gasteiger partial charge in [-0.2, -0.15) is 0 Å². The molecule has 0 bridgehead atoms. The summed E-state index contributed by atoms with van der Waals surface area (Å²) in [5.41, 5.74) is 0.384. The second-order valence-corrected chi connectivity index (χ2v) is 5.50. The Hall–Kier alpha value is -3.23. The molecule has 0 spiro atoms. The largest absolute Gasteiger partial charge is 0.427 e. The Morgan fingerprint density at radius 2 is 1.85 bits per heavy atom. The molecule has 1 aromatic carbocycles. The van der Waals surface area contributed by atoms with Crippen LogP contribution in [-0.4, -0.2) is 59.5 Å². The number of hydrogen-bond donors (Lipinski definition) is 1. The number of benzene rings is 1. The molecule has 0 saturated carbocycles. The van der Waals surface area contributed by atoms with Gasteiger partial charge in [-0.05, 0) is 24.6 Å². The summed E-state index contributed by atoms with van der Waals surface area (Å²) in [6.45, 7) is 3.65. The van der Waals surface area contributed by atoms with E-state index in [1.807, 2.05) is 0 Å². The molecule has 1 heterocycles. The Morgan fingerprint density at radius 1 is 1.19 bits per heavy atom. The second-order valence-electron chi connectivity index (χ2n) is 5.50. The minimum atomic E-state index is -1.14. The van der Waals surface area contributed by atoms with E-state index in [0.29, 0.717) is 12.1 Å². The third-order valence-electron chi connectivity index (χ3n) is 3.80. The number of esters is 1. The quantitative estimate of drug-likeness (QED) is 0.455. The van der Waals surface area contributed by atoms with Crippen LogP contribution in [0.25, 0.3) is 0 Å². The SMILES string of the molecule is CCN1CCN(C(=O)NC([C]=O)c2ccc(OC(C)=O)cc2)C(=O)C1=O. The first kappa shape index (κ1) is 19.1. The fourth-order valence-corrected chi connectivity index (χ4v) is 2.45. The van der Waals surface area contributed by atoms with Crippen LogP contribution in [0.15, 0.2) is 24.3 Å². The van der Waals surface area contributed by atoms with E-state index in [4.69, 9.17) is 4.74 Å². The minimum absolute atomic E-state index is 0.0429. The van der Waals surface area contributed by atoms with Crippen LogP contribution in [-0.2, 0) is 19.2 Å². The number of urea groups is 1. The maximum Gasteiger partial charge on any atom is 0.325 e. The maximum atomic E-state index is 12.3. The van der Waals surface area contributed by atoms with Crippen LogP contribution in [0.1, 0.15) is 25.5 Å². The van der Waals surface area contributed by atoms with Crippen molar-refractivity contribution in [2.75, 3.05) is 19.6 Å². The van der Waals surface area contributed by atoms with Crippen LogP contribution in [0, 0.1) is 0 Å². The van der Waals surface area contributed by atoms with Gasteiger partial charge in [-0.1, -0.05) is 12.1 Å². The molecule has 0 aliphatic carbocycles. The summed E-state index contributed by atoms with van der Waals surface area (Å²) in [7, 11) is 0. The zero-order valence-corrected chi connectivity index (χ0v) is 14.4. The first-order chi connectivity index (χ1) is 12.4. The summed E-state index contributed by atoms with van der Waals surface area (Å²) in [5, 5.41) is 2.36. The van der Waals surface area contributed by atoms with Crippen molar-refractivity contribution in [3.8, 4) is 5.75 Å². The highest BCUT2D eigenvalue weighted by atomic mass is 16.5. The van der Waals surface area contributed by atoms with E-state index in [9.17, 15) is 24.0 Å². The third-order valence-corrected chi connectivity index (χ3v) is 3.80. The van der Waals surface area contributed by atoms with Crippen LogP contribution in [0.3, 0.4) is 0 Å². The molecule has 4 amide bonds. The molecule has 2 rings (SSSR count). The molecule has 26 heavy (non-hydrogen) atoms. The van der Waals surface area contributed by atoms with Gasteiger partial charge in [0.1, 0.15) is 11.8 Å². The molecule has 1 N–H and O–H groups in total. The van der Waals surface area contributed by atoms with Gasteiger partial charge in [-0.15, -0.1) is 0 Å². The van der Waals surface area contributed by atoms with Crippen molar-refractivity contribution in [1.82, 2.24) is 15.1 Å². The van der Waals surface area contributed by atoms with Crippen molar-refractivity contribution in [1.29, 1.82) is 0 Å². The van der Waals surface area contributed by atoms with Crippen molar-refractivity contribution in [3.63, 3.8) is 0 Å². The van der Waals surface area contributed by atoms with E-state index in [2.05, 4.69) is 5.32 Å². The summed E-state index contributed by atoms with van der Waals surface area (Å²) in [6.07, 6.45) is 1.67. The summed E-state index contributed by atoms with van der Waals surface area (Å²) in [4.78, 5) is 60.4. The van der Waals surface area contributed by atoms with Crippen molar-refractivity contribution < 1.29 is 28.7 Å². The molecule has 1 fully saturated rings. The van der Waals surface area contributed by atoms with Crippen LogP contribution in [0.4, 0.5) is 4.79 Å². The lowest BCUT2D eigenvalue weighted by Crippen LogP contribution is -2.58. The Bertz CT molecular complexity index is 731. The first-order valence-electron chi connectivity index (χ1n) is 7.94. The monoisotopic (exact) mass is 360 g/mol. The van der Waals surface area contributed by atoms with E-state index in [0.717, 1.165) is 4.90 Å². The van der Waals surface area contributed by atoms with E-state index in [1.54, 1.807) is 13.2 Å². The van der Waals surface area contributed by atoms with E-state index >= 15 is 0 Å². The molecular formula is C17H18N3O6. The van der Waals surface area contributed by atoms with Gasteiger partial charge in [0.05, 0.1) is 0 Å². The average molecular weight is 360 g/mol.